The molecule has 0 unspecified atom stereocenters. The van der Waals surface area contributed by atoms with Gasteiger partial charge in [-0.3, -0.25) is 10.1 Å². The standard InChI is InChI=1S/C17H12Cl2N4O5/c1-7-13(16(19)22(26)8(2)14(7)18)17-20-4-3-10(21-17)9-5-11(23(27)28)15(25)12(24)6-9/h3-6,24-25H,1-2H3. The van der Waals surface area contributed by atoms with Crippen LogP contribution in [0.15, 0.2) is 24.4 Å². The zero-order chi connectivity index (χ0) is 20.7. The van der Waals surface area contributed by atoms with Crippen LogP contribution in [-0.4, -0.2) is 25.1 Å². The number of pyridine rings is 1. The lowest BCUT2D eigenvalue weighted by atomic mass is 10.1. The van der Waals surface area contributed by atoms with E-state index in [1.807, 2.05) is 0 Å². The highest BCUT2D eigenvalue weighted by Gasteiger charge is 2.25. The molecule has 0 aliphatic rings. The predicted octanol–water partition coefficient (Wildman–Crippen LogP) is 3.69. The summed E-state index contributed by atoms with van der Waals surface area (Å²) in [4.78, 5) is 18.7. The summed E-state index contributed by atoms with van der Waals surface area (Å²) in [5, 5.41) is 42.7. The summed E-state index contributed by atoms with van der Waals surface area (Å²) in [6.07, 6.45) is 1.37. The summed E-state index contributed by atoms with van der Waals surface area (Å²) in [6.45, 7) is 3.18. The normalized spacial score (nSPS) is 10.9. The minimum absolute atomic E-state index is 0.0710. The van der Waals surface area contributed by atoms with Crippen LogP contribution in [0.1, 0.15) is 11.3 Å². The van der Waals surface area contributed by atoms with Crippen LogP contribution in [0.3, 0.4) is 0 Å². The molecule has 0 bridgehead atoms. The molecule has 0 aliphatic heterocycles. The van der Waals surface area contributed by atoms with Gasteiger partial charge in [-0.15, -0.1) is 0 Å². The number of phenols is 2. The lowest BCUT2D eigenvalue weighted by Crippen LogP contribution is -2.33. The van der Waals surface area contributed by atoms with E-state index in [4.69, 9.17) is 23.2 Å². The largest absolute Gasteiger partial charge is 0.617 e. The Bertz CT molecular complexity index is 1110. The zero-order valence-electron chi connectivity index (χ0n) is 14.5. The Balaban J connectivity index is 2.23. The molecule has 2 N–H and O–H groups in total. The van der Waals surface area contributed by atoms with E-state index in [0.717, 1.165) is 12.1 Å². The van der Waals surface area contributed by atoms with Crippen LogP contribution < -0.4 is 4.73 Å². The van der Waals surface area contributed by atoms with E-state index in [-0.39, 0.29) is 38.5 Å². The second kappa shape index (κ2) is 7.10. The molecule has 3 aromatic rings. The van der Waals surface area contributed by atoms with Crippen molar-refractivity contribution >= 4 is 28.9 Å². The molecule has 0 fully saturated rings. The summed E-state index contributed by atoms with van der Waals surface area (Å²) in [5.41, 5.74) is 0.614. The molecule has 0 atom stereocenters. The highest BCUT2D eigenvalue weighted by atomic mass is 35.5. The predicted molar refractivity (Wildman–Crippen MR) is 101 cm³/mol. The molecule has 28 heavy (non-hydrogen) atoms. The van der Waals surface area contributed by atoms with Gasteiger partial charge in [-0.2, -0.15) is 4.73 Å². The van der Waals surface area contributed by atoms with Gasteiger partial charge < -0.3 is 15.4 Å². The maximum atomic E-state index is 12.2. The van der Waals surface area contributed by atoms with Crippen molar-refractivity contribution in [2.24, 2.45) is 0 Å². The molecule has 0 aliphatic carbocycles. The first-order valence-corrected chi connectivity index (χ1v) is 8.51. The van der Waals surface area contributed by atoms with Gasteiger partial charge in [0.1, 0.15) is 10.6 Å². The highest BCUT2D eigenvalue weighted by Crippen LogP contribution is 2.39. The number of aromatic nitrogens is 3. The van der Waals surface area contributed by atoms with Gasteiger partial charge in [0.25, 0.3) is 5.15 Å². The van der Waals surface area contributed by atoms with Crippen molar-refractivity contribution in [1.29, 1.82) is 0 Å². The molecule has 2 heterocycles. The van der Waals surface area contributed by atoms with Crippen LogP contribution in [0.4, 0.5) is 5.69 Å². The Morgan fingerprint density at radius 2 is 1.89 bits per heavy atom. The van der Waals surface area contributed by atoms with Gasteiger partial charge in [-0.1, -0.05) is 11.6 Å². The topological polar surface area (TPSA) is 136 Å². The van der Waals surface area contributed by atoms with E-state index in [1.165, 1.54) is 19.2 Å². The van der Waals surface area contributed by atoms with Crippen molar-refractivity contribution in [1.82, 2.24) is 9.97 Å². The van der Waals surface area contributed by atoms with Crippen LogP contribution in [0.5, 0.6) is 11.5 Å². The second-order valence-electron chi connectivity index (χ2n) is 5.87. The summed E-state index contributed by atoms with van der Waals surface area (Å²) in [5.74, 6) is -1.45. The van der Waals surface area contributed by atoms with Gasteiger partial charge in [0, 0.05) is 24.8 Å². The van der Waals surface area contributed by atoms with Crippen LogP contribution >= 0.6 is 23.2 Å². The van der Waals surface area contributed by atoms with Gasteiger partial charge in [-0.25, -0.2) is 9.97 Å². The molecule has 0 saturated carbocycles. The Morgan fingerprint density at radius 3 is 2.54 bits per heavy atom. The molecule has 9 nitrogen and oxygen atoms in total. The van der Waals surface area contributed by atoms with Crippen molar-refractivity contribution in [2.45, 2.75) is 13.8 Å². The van der Waals surface area contributed by atoms with Gasteiger partial charge in [0.2, 0.25) is 11.4 Å². The molecule has 1 aromatic carbocycles. The van der Waals surface area contributed by atoms with Gasteiger partial charge in [-0.05, 0) is 36.2 Å². The smallest absolute Gasteiger partial charge is 0.315 e. The zero-order valence-corrected chi connectivity index (χ0v) is 16.0. The van der Waals surface area contributed by atoms with E-state index in [2.05, 4.69) is 9.97 Å². The van der Waals surface area contributed by atoms with Crippen molar-refractivity contribution in [2.75, 3.05) is 0 Å². The summed E-state index contributed by atoms with van der Waals surface area (Å²) < 4.78 is 0.458. The fourth-order valence-corrected chi connectivity index (χ4v) is 3.19. The first-order valence-electron chi connectivity index (χ1n) is 7.75. The average Bonchev–Trinajstić information content (AvgIpc) is 2.67. The van der Waals surface area contributed by atoms with Crippen LogP contribution in [0, 0.1) is 29.2 Å². The number of nitro benzene ring substituents is 1. The first-order chi connectivity index (χ1) is 13.1. The third kappa shape index (κ3) is 3.14. The lowest BCUT2D eigenvalue weighted by Gasteiger charge is -2.12. The third-order valence-corrected chi connectivity index (χ3v) is 5.05. The molecule has 0 amide bonds. The Morgan fingerprint density at radius 1 is 1.21 bits per heavy atom. The number of hydrogen-bond donors (Lipinski definition) is 2. The van der Waals surface area contributed by atoms with E-state index >= 15 is 0 Å². The van der Waals surface area contributed by atoms with E-state index in [1.54, 1.807) is 6.92 Å². The lowest BCUT2D eigenvalue weighted by molar-refractivity contribution is -0.609. The van der Waals surface area contributed by atoms with Gasteiger partial charge in [0.15, 0.2) is 11.6 Å². The van der Waals surface area contributed by atoms with Gasteiger partial charge >= 0.3 is 5.69 Å². The van der Waals surface area contributed by atoms with Crippen molar-refractivity contribution in [3.05, 3.63) is 61.2 Å². The number of rotatable bonds is 3. The number of halogens is 2. The molecule has 11 heteroatoms. The fourth-order valence-electron chi connectivity index (χ4n) is 2.66. The molecular weight excluding hydrogens is 411 g/mol. The van der Waals surface area contributed by atoms with E-state index in [0.29, 0.717) is 10.3 Å². The maximum Gasteiger partial charge on any atom is 0.315 e. The average molecular weight is 423 g/mol. The number of aromatic hydroxyl groups is 2. The first kappa shape index (κ1) is 19.6. The van der Waals surface area contributed by atoms with E-state index < -0.39 is 22.1 Å². The number of nitro groups is 1. The summed E-state index contributed by atoms with van der Waals surface area (Å²) in [6, 6.07) is 3.63. The third-order valence-electron chi connectivity index (χ3n) is 4.15. The molecule has 0 radical (unpaired) electrons. The number of nitrogens with zero attached hydrogens (tertiary/aromatic N) is 4. The Labute approximate surface area is 168 Å². The Hall–Kier alpha value is -3.17. The quantitative estimate of drug-likeness (QED) is 0.164. The monoisotopic (exact) mass is 422 g/mol. The van der Waals surface area contributed by atoms with Gasteiger partial charge in [0.05, 0.1) is 10.6 Å². The van der Waals surface area contributed by atoms with Crippen LogP contribution in [0.2, 0.25) is 10.2 Å². The number of phenolic OH excluding ortho intramolecular Hbond substituents is 2. The van der Waals surface area contributed by atoms with Crippen molar-refractivity contribution in [3.63, 3.8) is 0 Å². The number of hydrogen-bond acceptors (Lipinski definition) is 7. The molecule has 0 saturated heterocycles. The second-order valence-corrected chi connectivity index (χ2v) is 6.61. The molecule has 2 aromatic heterocycles. The Kier molecular flexibility index (Phi) is 4.97. The summed E-state index contributed by atoms with van der Waals surface area (Å²) in [7, 11) is 0. The molecular formula is C17H12Cl2N4O5. The molecule has 3 rings (SSSR count). The van der Waals surface area contributed by atoms with Crippen LogP contribution in [0.25, 0.3) is 22.6 Å². The maximum absolute atomic E-state index is 12.2. The summed E-state index contributed by atoms with van der Waals surface area (Å²) >= 11 is 12.4. The molecule has 144 valence electrons. The number of benzene rings is 1. The van der Waals surface area contributed by atoms with Crippen molar-refractivity contribution < 1.29 is 19.9 Å². The minimum atomic E-state index is -0.848. The van der Waals surface area contributed by atoms with Crippen LogP contribution in [-0.2, 0) is 0 Å². The fraction of sp³-hybridized carbons (Fsp3) is 0.118. The highest BCUT2D eigenvalue weighted by molar-refractivity contribution is 6.34. The SMILES string of the molecule is Cc1c(Cl)c(C)[n+]([O-])c(Cl)c1-c1nccc(-c2cc(O)c(O)c([N+](=O)[O-])c2)n1. The minimum Gasteiger partial charge on any atom is -0.617 e. The van der Waals surface area contributed by atoms with Crippen molar-refractivity contribution in [3.8, 4) is 34.1 Å². The van der Waals surface area contributed by atoms with E-state index in [9.17, 15) is 25.5 Å². The molecule has 0 spiro atoms.